The van der Waals surface area contributed by atoms with Gasteiger partial charge in [0, 0.05) is 24.0 Å². The first kappa shape index (κ1) is 12.5. The van der Waals surface area contributed by atoms with Crippen molar-refractivity contribution >= 4 is 15.8 Å². The quantitative estimate of drug-likeness (QED) is 0.731. The van der Waals surface area contributed by atoms with Crippen molar-refractivity contribution in [1.82, 2.24) is 19.9 Å². The molecule has 0 saturated carbocycles. The molecule has 0 fully saturated rings. The van der Waals surface area contributed by atoms with Crippen LogP contribution >= 0.6 is 0 Å². The molecule has 0 bridgehead atoms. The van der Waals surface area contributed by atoms with Crippen molar-refractivity contribution in [2.45, 2.75) is 18.4 Å². The third kappa shape index (κ3) is 2.66. The van der Waals surface area contributed by atoms with Gasteiger partial charge in [-0.3, -0.25) is 5.10 Å². The Hall–Kier alpha value is -1.93. The lowest BCUT2D eigenvalue weighted by Gasteiger charge is -2.05. The third-order valence-corrected chi connectivity index (χ3v) is 3.84. The number of nitrogens with two attached hydrogens (primary N) is 1. The maximum Gasteiger partial charge on any atom is 0.242 e. The van der Waals surface area contributed by atoms with Crippen LogP contribution in [-0.4, -0.2) is 23.6 Å². The number of hydrogen-bond acceptors (Lipinski definition) is 5. The number of nitrogens with one attached hydrogen (secondary N) is 2. The van der Waals surface area contributed by atoms with Crippen LogP contribution < -0.4 is 10.5 Å². The molecule has 2 aromatic heterocycles. The third-order valence-electron chi connectivity index (χ3n) is 2.46. The molecule has 0 saturated heterocycles. The molecular formula is C10H13N5O2S. The number of nitrogens with zero attached hydrogens (tertiary/aromatic N) is 2. The molecule has 96 valence electrons. The molecule has 7 nitrogen and oxygen atoms in total. The molecule has 0 aliphatic heterocycles. The number of rotatable bonds is 4. The molecule has 0 spiro atoms. The molecule has 2 rings (SSSR count). The predicted molar refractivity (Wildman–Crippen MR) is 66.0 cm³/mol. The molecule has 0 radical (unpaired) electrons. The molecule has 0 aliphatic rings. The van der Waals surface area contributed by atoms with E-state index in [4.69, 9.17) is 5.73 Å². The Morgan fingerprint density at radius 2 is 2.17 bits per heavy atom. The number of sulfonamides is 1. The Morgan fingerprint density at radius 3 is 2.72 bits per heavy atom. The zero-order valence-corrected chi connectivity index (χ0v) is 10.5. The summed E-state index contributed by atoms with van der Waals surface area (Å²) in [6.07, 6.45) is 2.80. The number of anilines is 1. The fraction of sp³-hybridized carbons (Fsp3) is 0.200. The summed E-state index contributed by atoms with van der Waals surface area (Å²) in [5.74, 6) is 0.277. The summed E-state index contributed by atoms with van der Waals surface area (Å²) in [4.78, 5) is 3.83. The highest BCUT2D eigenvalue weighted by Gasteiger charge is 2.14. The minimum atomic E-state index is -3.58. The van der Waals surface area contributed by atoms with E-state index < -0.39 is 10.0 Å². The fourth-order valence-electron chi connectivity index (χ4n) is 1.36. The predicted octanol–water partition coefficient (Wildman–Crippen LogP) is 0.174. The van der Waals surface area contributed by atoms with Gasteiger partial charge in [0.15, 0.2) is 0 Å². The monoisotopic (exact) mass is 267 g/mol. The molecule has 18 heavy (non-hydrogen) atoms. The second-order valence-corrected chi connectivity index (χ2v) is 5.53. The first-order valence-corrected chi connectivity index (χ1v) is 6.67. The van der Waals surface area contributed by atoms with E-state index in [-0.39, 0.29) is 17.3 Å². The summed E-state index contributed by atoms with van der Waals surface area (Å²) in [6.45, 7) is 2.00. The molecule has 0 amide bonds. The molecule has 0 aromatic carbocycles. The van der Waals surface area contributed by atoms with Crippen LogP contribution in [-0.2, 0) is 16.6 Å². The summed E-state index contributed by atoms with van der Waals surface area (Å²) in [5.41, 5.74) is 7.02. The Bertz CT molecular complexity index is 633. The van der Waals surface area contributed by atoms with Gasteiger partial charge in [-0.2, -0.15) is 5.10 Å². The van der Waals surface area contributed by atoms with Gasteiger partial charge in [0.1, 0.15) is 10.7 Å². The van der Waals surface area contributed by atoms with Crippen molar-refractivity contribution in [2.75, 3.05) is 5.73 Å². The Labute approximate surface area is 104 Å². The van der Waals surface area contributed by atoms with Crippen molar-refractivity contribution < 1.29 is 8.42 Å². The van der Waals surface area contributed by atoms with E-state index in [1.54, 1.807) is 6.20 Å². The molecule has 2 aromatic rings. The number of aromatic nitrogens is 3. The summed E-state index contributed by atoms with van der Waals surface area (Å²) < 4.78 is 26.3. The van der Waals surface area contributed by atoms with Gasteiger partial charge in [-0.15, -0.1) is 0 Å². The topological polar surface area (TPSA) is 114 Å². The van der Waals surface area contributed by atoms with Crippen LogP contribution in [0.2, 0.25) is 0 Å². The highest BCUT2D eigenvalue weighted by molar-refractivity contribution is 7.89. The number of hydrogen-bond donors (Lipinski definition) is 3. The zero-order chi connectivity index (χ0) is 13.2. The summed E-state index contributed by atoms with van der Waals surface area (Å²) in [5, 5.41) is 6.56. The van der Waals surface area contributed by atoms with Crippen LogP contribution in [0.1, 0.15) is 11.3 Å². The van der Waals surface area contributed by atoms with E-state index in [1.165, 1.54) is 18.3 Å². The highest BCUT2D eigenvalue weighted by Crippen LogP contribution is 2.10. The van der Waals surface area contributed by atoms with Crippen LogP contribution in [0.15, 0.2) is 29.4 Å². The van der Waals surface area contributed by atoms with E-state index >= 15 is 0 Å². The number of pyridine rings is 1. The molecule has 0 aliphatic carbocycles. The summed E-state index contributed by atoms with van der Waals surface area (Å²) in [7, 11) is -3.58. The molecular weight excluding hydrogens is 254 g/mol. The van der Waals surface area contributed by atoms with Gasteiger partial charge in [0.05, 0.1) is 6.20 Å². The number of nitrogen functional groups attached to an aromatic ring is 1. The van der Waals surface area contributed by atoms with E-state index in [0.29, 0.717) is 0 Å². The van der Waals surface area contributed by atoms with Crippen molar-refractivity contribution in [3.63, 3.8) is 0 Å². The Morgan fingerprint density at radius 1 is 1.39 bits per heavy atom. The van der Waals surface area contributed by atoms with Crippen LogP contribution in [0, 0.1) is 6.92 Å². The van der Waals surface area contributed by atoms with Crippen molar-refractivity contribution in [2.24, 2.45) is 0 Å². The highest BCUT2D eigenvalue weighted by atomic mass is 32.2. The number of aromatic amines is 1. The van der Waals surface area contributed by atoms with Gasteiger partial charge in [0.25, 0.3) is 0 Å². The minimum absolute atomic E-state index is 0.0813. The van der Waals surface area contributed by atoms with Gasteiger partial charge in [-0.1, -0.05) is 0 Å². The van der Waals surface area contributed by atoms with E-state index in [2.05, 4.69) is 19.9 Å². The lowest BCUT2D eigenvalue weighted by atomic mass is 10.3. The van der Waals surface area contributed by atoms with Crippen LogP contribution in [0.5, 0.6) is 0 Å². The largest absolute Gasteiger partial charge is 0.384 e. The van der Waals surface area contributed by atoms with Gasteiger partial charge in [-0.05, 0) is 19.1 Å². The number of H-pyrrole nitrogens is 1. The number of aryl methyl sites for hydroxylation is 1. The molecule has 0 atom stereocenters. The molecule has 2 heterocycles. The molecule has 4 N–H and O–H groups in total. The molecule has 8 heteroatoms. The van der Waals surface area contributed by atoms with Gasteiger partial charge >= 0.3 is 0 Å². The second-order valence-electron chi connectivity index (χ2n) is 3.76. The Kier molecular flexibility index (Phi) is 3.30. The normalized spacial score (nSPS) is 11.6. The van der Waals surface area contributed by atoms with E-state index in [1.807, 2.05) is 6.92 Å². The van der Waals surface area contributed by atoms with Gasteiger partial charge < -0.3 is 5.73 Å². The van der Waals surface area contributed by atoms with Crippen molar-refractivity contribution in [1.29, 1.82) is 0 Å². The van der Waals surface area contributed by atoms with Gasteiger partial charge in [-0.25, -0.2) is 18.1 Å². The van der Waals surface area contributed by atoms with E-state index in [0.717, 1.165) is 11.3 Å². The van der Waals surface area contributed by atoms with Crippen LogP contribution in [0.25, 0.3) is 0 Å². The first-order chi connectivity index (χ1) is 8.49. The maximum absolute atomic E-state index is 11.9. The minimum Gasteiger partial charge on any atom is -0.384 e. The summed E-state index contributed by atoms with van der Waals surface area (Å²) >= 11 is 0. The SMILES string of the molecule is Cc1[nH]ncc1CNS(=O)(=O)c1ccc(N)nc1. The zero-order valence-electron chi connectivity index (χ0n) is 9.71. The van der Waals surface area contributed by atoms with Crippen molar-refractivity contribution in [3.8, 4) is 0 Å². The Balaban J connectivity index is 2.13. The lowest BCUT2D eigenvalue weighted by molar-refractivity contribution is 0.581. The first-order valence-electron chi connectivity index (χ1n) is 5.19. The van der Waals surface area contributed by atoms with Crippen LogP contribution in [0.4, 0.5) is 5.82 Å². The standard InChI is InChI=1S/C10H13N5O2S/c1-7-8(4-13-15-7)5-14-18(16,17)9-2-3-10(11)12-6-9/h2-4,6,14H,5H2,1H3,(H2,11,12)(H,13,15). The average molecular weight is 267 g/mol. The fourth-order valence-corrected chi connectivity index (χ4v) is 2.31. The smallest absolute Gasteiger partial charge is 0.242 e. The lowest BCUT2D eigenvalue weighted by Crippen LogP contribution is -2.23. The van der Waals surface area contributed by atoms with Gasteiger partial charge in [0.2, 0.25) is 10.0 Å². The van der Waals surface area contributed by atoms with Crippen LogP contribution in [0.3, 0.4) is 0 Å². The average Bonchev–Trinajstić information content (AvgIpc) is 2.73. The second kappa shape index (κ2) is 4.75. The van der Waals surface area contributed by atoms with Crippen molar-refractivity contribution in [3.05, 3.63) is 35.8 Å². The molecule has 0 unspecified atom stereocenters. The van der Waals surface area contributed by atoms with E-state index in [9.17, 15) is 8.42 Å². The maximum atomic E-state index is 11.9. The summed E-state index contributed by atoms with van der Waals surface area (Å²) in [6, 6.07) is 2.85.